The lowest BCUT2D eigenvalue weighted by Crippen LogP contribution is -2.50. The zero-order valence-corrected chi connectivity index (χ0v) is 5.70. The first-order chi connectivity index (χ1) is 3.79. The SMILES string of the molecule is CC1CNC(Cl)CN1. The number of piperazine rings is 1. The van der Waals surface area contributed by atoms with Gasteiger partial charge in [0, 0.05) is 19.1 Å². The van der Waals surface area contributed by atoms with Crippen molar-refractivity contribution in [3.63, 3.8) is 0 Å². The monoisotopic (exact) mass is 134 g/mol. The third-order valence-corrected chi connectivity index (χ3v) is 1.60. The predicted molar refractivity (Wildman–Crippen MR) is 35.1 cm³/mol. The summed E-state index contributed by atoms with van der Waals surface area (Å²) < 4.78 is 0. The standard InChI is InChI=1S/C5H11ClN2/c1-4-2-8-5(6)3-7-4/h4-5,7-8H,2-3H2,1H3. The van der Waals surface area contributed by atoms with Gasteiger partial charge in [-0.15, -0.1) is 11.6 Å². The summed E-state index contributed by atoms with van der Waals surface area (Å²) in [6, 6.07) is 0.574. The maximum atomic E-state index is 5.71. The zero-order chi connectivity index (χ0) is 5.98. The molecular formula is C5H11ClN2. The van der Waals surface area contributed by atoms with E-state index >= 15 is 0 Å². The molecule has 0 spiro atoms. The molecule has 0 saturated carbocycles. The highest BCUT2D eigenvalue weighted by Crippen LogP contribution is 1.95. The second kappa shape index (κ2) is 2.67. The Balaban J connectivity index is 2.19. The predicted octanol–water partition coefficient (Wildman–Crippen LogP) is 0.133. The van der Waals surface area contributed by atoms with E-state index in [1.165, 1.54) is 0 Å². The molecule has 2 nitrogen and oxygen atoms in total. The van der Waals surface area contributed by atoms with E-state index in [9.17, 15) is 0 Å². The molecule has 1 aliphatic heterocycles. The number of nitrogens with one attached hydrogen (secondary N) is 2. The van der Waals surface area contributed by atoms with Gasteiger partial charge in [0.15, 0.2) is 0 Å². The number of hydrogen-bond donors (Lipinski definition) is 2. The van der Waals surface area contributed by atoms with Crippen molar-refractivity contribution < 1.29 is 0 Å². The molecule has 2 unspecified atom stereocenters. The van der Waals surface area contributed by atoms with Crippen LogP contribution in [-0.2, 0) is 0 Å². The van der Waals surface area contributed by atoms with Gasteiger partial charge >= 0.3 is 0 Å². The summed E-state index contributed by atoms with van der Waals surface area (Å²) >= 11 is 5.71. The highest BCUT2D eigenvalue weighted by atomic mass is 35.5. The maximum Gasteiger partial charge on any atom is 0.0952 e. The van der Waals surface area contributed by atoms with E-state index in [0.717, 1.165) is 13.1 Å². The first-order valence-electron chi connectivity index (χ1n) is 2.90. The molecule has 1 heterocycles. The van der Waals surface area contributed by atoms with Gasteiger partial charge < -0.3 is 5.32 Å². The van der Waals surface area contributed by atoms with E-state index < -0.39 is 0 Å². The van der Waals surface area contributed by atoms with Crippen LogP contribution in [0.25, 0.3) is 0 Å². The Labute approximate surface area is 54.6 Å². The van der Waals surface area contributed by atoms with Crippen molar-refractivity contribution in [1.82, 2.24) is 10.6 Å². The average Bonchev–Trinajstić information content (AvgIpc) is 1.77. The van der Waals surface area contributed by atoms with Crippen LogP contribution >= 0.6 is 11.6 Å². The van der Waals surface area contributed by atoms with Crippen molar-refractivity contribution in [1.29, 1.82) is 0 Å². The molecule has 8 heavy (non-hydrogen) atoms. The first-order valence-corrected chi connectivity index (χ1v) is 3.33. The fraction of sp³-hybridized carbons (Fsp3) is 1.00. The van der Waals surface area contributed by atoms with Crippen LogP contribution in [0.1, 0.15) is 6.92 Å². The third kappa shape index (κ3) is 1.62. The molecule has 0 aromatic heterocycles. The van der Waals surface area contributed by atoms with Gasteiger partial charge in [-0.05, 0) is 6.92 Å². The summed E-state index contributed by atoms with van der Waals surface area (Å²) in [6.45, 7) is 3.99. The minimum absolute atomic E-state index is 0.131. The van der Waals surface area contributed by atoms with Crippen molar-refractivity contribution >= 4 is 11.6 Å². The summed E-state index contributed by atoms with van der Waals surface area (Å²) in [4.78, 5) is 0. The molecule has 0 radical (unpaired) electrons. The lowest BCUT2D eigenvalue weighted by molar-refractivity contribution is 0.419. The zero-order valence-electron chi connectivity index (χ0n) is 4.95. The average molecular weight is 135 g/mol. The van der Waals surface area contributed by atoms with Gasteiger partial charge in [-0.3, -0.25) is 5.32 Å². The lowest BCUT2D eigenvalue weighted by atomic mass is 10.3. The Morgan fingerprint density at radius 2 is 2.12 bits per heavy atom. The van der Waals surface area contributed by atoms with Gasteiger partial charge in [0.2, 0.25) is 0 Å². The molecule has 0 amide bonds. The van der Waals surface area contributed by atoms with E-state index in [4.69, 9.17) is 11.6 Å². The van der Waals surface area contributed by atoms with Crippen molar-refractivity contribution in [2.24, 2.45) is 0 Å². The molecule has 1 fully saturated rings. The number of halogens is 1. The van der Waals surface area contributed by atoms with Gasteiger partial charge in [-0.2, -0.15) is 0 Å². The largest absolute Gasteiger partial charge is 0.310 e. The van der Waals surface area contributed by atoms with Gasteiger partial charge in [-0.25, -0.2) is 0 Å². The molecule has 1 rings (SSSR count). The molecular weight excluding hydrogens is 124 g/mol. The van der Waals surface area contributed by atoms with Gasteiger partial charge in [0.1, 0.15) is 0 Å². The summed E-state index contributed by atoms with van der Waals surface area (Å²) in [5, 5.41) is 6.37. The molecule has 1 saturated heterocycles. The van der Waals surface area contributed by atoms with Crippen LogP contribution in [0.2, 0.25) is 0 Å². The fourth-order valence-corrected chi connectivity index (χ4v) is 0.932. The molecule has 2 N–H and O–H groups in total. The fourth-order valence-electron chi connectivity index (χ4n) is 0.754. The van der Waals surface area contributed by atoms with Crippen molar-refractivity contribution in [2.45, 2.75) is 18.5 Å². The molecule has 0 bridgehead atoms. The molecule has 0 aromatic carbocycles. The van der Waals surface area contributed by atoms with Crippen LogP contribution in [0, 0.1) is 0 Å². The van der Waals surface area contributed by atoms with E-state index in [-0.39, 0.29) is 5.50 Å². The summed E-state index contributed by atoms with van der Waals surface area (Å²) in [7, 11) is 0. The number of hydrogen-bond acceptors (Lipinski definition) is 2. The first kappa shape index (κ1) is 6.33. The van der Waals surface area contributed by atoms with Gasteiger partial charge in [0.25, 0.3) is 0 Å². The van der Waals surface area contributed by atoms with Crippen LogP contribution in [0.15, 0.2) is 0 Å². The van der Waals surface area contributed by atoms with Crippen LogP contribution in [0.3, 0.4) is 0 Å². The summed E-state index contributed by atoms with van der Waals surface area (Å²) in [6.07, 6.45) is 0. The van der Waals surface area contributed by atoms with Crippen LogP contribution in [-0.4, -0.2) is 24.6 Å². The number of alkyl halides is 1. The highest BCUT2D eigenvalue weighted by molar-refractivity contribution is 6.20. The van der Waals surface area contributed by atoms with Crippen molar-refractivity contribution in [3.05, 3.63) is 0 Å². The smallest absolute Gasteiger partial charge is 0.0952 e. The molecule has 1 aliphatic rings. The van der Waals surface area contributed by atoms with E-state index in [2.05, 4.69) is 17.6 Å². The van der Waals surface area contributed by atoms with Crippen LogP contribution in [0.4, 0.5) is 0 Å². The Morgan fingerprint density at radius 1 is 1.38 bits per heavy atom. The molecule has 3 heteroatoms. The van der Waals surface area contributed by atoms with E-state index in [0.29, 0.717) is 6.04 Å². The molecule has 0 aromatic rings. The minimum Gasteiger partial charge on any atom is -0.310 e. The van der Waals surface area contributed by atoms with E-state index in [1.54, 1.807) is 0 Å². The number of rotatable bonds is 0. The van der Waals surface area contributed by atoms with Crippen LogP contribution in [0.5, 0.6) is 0 Å². The van der Waals surface area contributed by atoms with Gasteiger partial charge in [0.05, 0.1) is 5.50 Å². The summed E-state index contributed by atoms with van der Waals surface area (Å²) in [5.41, 5.74) is 0.131. The van der Waals surface area contributed by atoms with E-state index in [1.807, 2.05) is 0 Å². The second-order valence-corrected chi connectivity index (χ2v) is 2.71. The van der Waals surface area contributed by atoms with Crippen molar-refractivity contribution in [3.8, 4) is 0 Å². The summed E-state index contributed by atoms with van der Waals surface area (Å²) in [5.74, 6) is 0. The minimum atomic E-state index is 0.131. The normalized spacial score (nSPS) is 39.8. The Hall–Kier alpha value is 0.210. The topological polar surface area (TPSA) is 24.1 Å². The molecule has 48 valence electrons. The second-order valence-electron chi connectivity index (χ2n) is 2.19. The quantitative estimate of drug-likeness (QED) is 0.364. The van der Waals surface area contributed by atoms with Crippen molar-refractivity contribution in [2.75, 3.05) is 13.1 Å². The molecule has 2 atom stereocenters. The Kier molecular flexibility index (Phi) is 2.11. The Morgan fingerprint density at radius 3 is 2.50 bits per heavy atom. The lowest BCUT2D eigenvalue weighted by Gasteiger charge is -2.24. The van der Waals surface area contributed by atoms with Gasteiger partial charge in [-0.1, -0.05) is 0 Å². The molecule has 0 aliphatic carbocycles. The highest BCUT2D eigenvalue weighted by Gasteiger charge is 2.12. The maximum absolute atomic E-state index is 5.71. The third-order valence-electron chi connectivity index (χ3n) is 1.29. The Bertz CT molecular complexity index is 58.8. The van der Waals surface area contributed by atoms with Crippen LogP contribution < -0.4 is 10.6 Å².